The first-order valence-corrected chi connectivity index (χ1v) is 6.26. The van der Waals surface area contributed by atoms with Gasteiger partial charge < -0.3 is 10.6 Å². The van der Waals surface area contributed by atoms with Crippen LogP contribution in [0.4, 0.5) is 24.5 Å². The fourth-order valence-electron chi connectivity index (χ4n) is 2.27. The molecule has 1 aromatic rings. The summed E-state index contributed by atoms with van der Waals surface area (Å²) in [7, 11) is 0. The number of anilines is 2. The van der Waals surface area contributed by atoms with E-state index in [1.165, 1.54) is 4.90 Å². The lowest BCUT2D eigenvalue weighted by molar-refractivity contribution is -0.323. The summed E-state index contributed by atoms with van der Waals surface area (Å²) in [4.78, 5) is 13.3. The van der Waals surface area contributed by atoms with Gasteiger partial charge in [0, 0.05) is 24.3 Å². The summed E-state index contributed by atoms with van der Waals surface area (Å²) in [5, 5.41) is 0. The molecule has 1 aliphatic heterocycles. The molecule has 0 atom stereocenters. The summed E-state index contributed by atoms with van der Waals surface area (Å²) < 4.78 is 39.7. The van der Waals surface area contributed by atoms with E-state index >= 15 is 0 Å². The predicted octanol–water partition coefficient (Wildman–Crippen LogP) is 2.47. The second-order valence-corrected chi connectivity index (χ2v) is 4.58. The number of nitrogens with two attached hydrogens (primary N) is 1. The first-order chi connectivity index (χ1) is 9.37. The van der Waals surface area contributed by atoms with Gasteiger partial charge in [-0.2, -0.15) is 0 Å². The Kier molecular flexibility index (Phi) is 4.17. The third-order valence-corrected chi connectivity index (χ3v) is 3.11. The van der Waals surface area contributed by atoms with E-state index in [9.17, 15) is 18.0 Å². The van der Waals surface area contributed by atoms with Crippen molar-refractivity contribution in [2.75, 3.05) is 23.8 Å². The van der Waals surface area contributed by atoms with Crippen LogP contribution in [0.1, 0.15) is 18.4 Å². The first kappa shape index (κ1) is 14.6. The quantitative estimate of drug-likeness (QED) is 0.869. The van der Waals surface area contributed by atoms with Gasteiger partial charge in [0.2, 0.25) is 5.91 Å². The number of amides is 1. The highest BCUT2D eigenvalue weighted by Gasteiger charge is 2.30. The number of carbonyl (C=O) groups excluding carboxylic acids is 1. The molecular weight excluding hydrogens is 273 g/mol. The number of benzene rings is 1. The molecule has 110 valence electrons. The van der Waals surface area contributed by atoms with E-state index in [0.717, 1.165) is 5.56 Å². The monoisotopic (exact) mass is 288 g/mol. The van der Waals surface area contributed by atoms with Crippen LogP contribution < -0.4 is 10.6 Å². The molecule has 2 N–H and O–H groups in total. The number of alkyl halides is 3. The molecule has 1 aliphatic rings. The Hall–Kier alpha value is -1.76. The lowest BCUT2D eigenvalue weighted by Gasteiger charge is -2.23. The highest BCUT2D eigenvalue weighted by atomic mass is 19.4. The van der Waals surface area contributed by atoms with E-state index in [-0.39, 0.29) is 12.5 Å². The molecule has 0 aliphatic carbocycles. The molecule has 0 bridgehead atoms. The van der Waals surface area contributed by atoms with Crippen molar-refractivity contribution in [2.24, 2.45) is 0 Å². The van der Waals surface area contributed by atoms with Crippen LogP contribution in [-0.2, 0) is 16.0 Å². The van der Waals surface area contributed by atoms with Crippen LogP contribution in [-0.4, -0.2) is 25.4 Å². The van der Waals surface area contributed by atoms with Crippen molar-refractivity contribution in [1.82, 2.24) is 0 Å². The summed E-state index contributed by atoms with van der Waals surface area (Å²) in [5.74, 6) is -0.195. The molecule has 4 nitrogen and oxygen atoms in total. The van der Waals surface area contributed by atoms with Crippen LogP contribution in [0.15, 0.2) is 18.2 Å². The molecule has 0 saturated carbocycles. The third-order valence-electron chi connectivity index (χ3n) is 3.11. The average molecular weight is 288 g/mol. The van der Waals surface area contributed by atoms with Crippen molar-refractivity contribution in [3.05, 3.63) is 23.8 Å². The number of aryl methyl sites for hydroxylation is 1. The number of ether oxygens (including phenoxy) is 1. The fraction of sp³-hybridized carbons (Fsp3) is 0.462. The summed E-state index contributed by atoms with van der Waals surface area (Å²) in [5.41, 5.74) is 7.76. The average Bonchev–Trinajstić information content (AvgIpc) is 2.48. The zero-order valence-corrected chi connectivity index (χ0v) is 10.7. The van der Waals surface area contributed by atoms with Crippen molar-refractivity contribution in [3.63, 3.8) is 0 Å². The summed E-state index contributed by atoms with van der Waals surface area (Å²) in [6.45, 7) is -0.714. The molecule has 0 unspecified atom stereocenters. The van der Waals surface area contributed by atoms with Crippen LogP contribution in [0.5, 0.6) is 0 Å². The van der Waals surface area contributed by atoms with Gasteiger partial charge >= 0.3 is 6.36 Å². The Morgan fingerprint density at radius 3 is 2.75 bits per heavy atom. The summed E-state index contributed by atoms with van der Waals surface area (Å²) in [6, 6.07) is 5.06. The molecule has 2 rings (SSSR count). The number of hydrogen-bond donors (Lipinski definition) is 1. The standard InChI is InChI=1S/C13H15F3N2O2/c14-13(15,16)20-7-6-18-11-5-4-10(17)8-9(11)2-1-3-12(18)19/h4-5,8H,1-3,6-7,17H2. The lowest BCUT2D eigenvalue weighted by atomic mass is 10.1. The van der Waals surface area contributed by atoms with Gasteiger partial charge in [0.1, 0.15) is 0 Å². The second kappa shape index (κ2) is 5.70. The Labute approximate surface area is 114 Å². The molecule has 0 saturated heterocycles. The minimum Gasteiger partial charge on any atom is -0.399 e. The van der Waals surface area contributed by atoms with E-state index in [1.807, 2.05) is 0 Å². The van der Waals surface area contributed by atoms with Crippen molar-refractivity contribution in [2.45, 2.75) is 25.6 Å². The molecule has 1 aromatic carbocycles. The second-order valence-electron chi connectivity index (χ2n) is 4.58. The minimum absolute atomic E-state index is 0.130. The SMILES string of the molecule is Nc1ccc2c(c1)CCCC(=O)N2CCOC(F)(F)F. The maximum absolute atomic E-state index is 12.0. The first-order valence-electron chi connectivity index (χ1n) is 6.26. The van der Waals surface area contributed by atoms with E-state index in [2.05, 4.69) is 4.74 Å². The van der Waals surface area contributed by atoms with Gasteiger partial charge in [-0.15, -0.1) is 13.2 Å². The van der Waals surface area contributed by atoms with E-state index in [1.54, 1.807) is 18.2 Å². The van der Waals surface area contributed by atoms with Gasteiger partial charge in [0.25, 0.3) is 0 Å². The van der Waals surface area contributed by atoms with Crippen LogP contribution in [0.25, 0.3) is 0 Å². The van der Waals surface area contributed by atoms with Gasteiger partial charge in [-0.05, 0) is 36.6 Å². The minimum atomic E-state index is -4.68. The highest BCUT2D eigenvalue weighted by molar-refractivity contribution is 5.95. The summed E-state index contributed by atoms with van der Waals surface area (Å²) in [6.07, 6.45) is -3.03. The number of rotatable bonds is 3. The zero-order valence-electron chi connectivity index (χ0n) is 10.7. The molecule has 0 aromatic heterocycles. The van der Waals surface area contributed by atoms with Gasteiger partial charge in [-0.1, -0.05) is 0 Å². The molecule has 0 radical (unpaired) electrons. The molecule has 0 spiro atoms. The Morgan fingerprint density at radius 1 is 1.30 bits per heavy atom. The highest BCUT2D eigenvalue weighted by Crippen LogP contribution is 2.29. The van der Waals surface area contributed by atoms with Crippen LogP contribution in [0, 0.1) is 0 Å². The number of carbonyl (C=O) groups is 1. The van der Waals surface area contributed by atoms with Gasteiger partial charge in [0.05, 0.1) is 6.61 Å². The van der Waals surface area contributed by atoms with Crippen LogP contribution in [0.2, 0.25) is 0 Å². The largest absolute Gasteiger partial charge is 0.522 e. The van der Waals surface area contributed by atoms with Crippen molar-refractivity contribution in [1.29, 1.82) is 0 Å². The molecular formula is C13H15F3N2O2. The normalized spacial score (nSPS) is 15.9. The van der Waals surface area contributed by atoms with Gasteiger partial charge in [0.15, 0.2) is 0 Å². The van der Waals surface area contributed by atoms with E-state index in [0.29, 0.717) is 30.6 Å². The van der Waals surface area contributed by atoms with Gasteiger partial charge in [-0.25, -0.2) is 0 Å². The van der Waals surface area contributed by atoms with Gasteiger partial charge in [-0.3, -0.25) is 9.53 Å². The molecule has 7 heteroatoms. The van der Waals surface area contributed by atoms with E-state index < -0.39 is 13.0 Å². The maximum Gasteiger partial charge on any atom is 0.522 e. The van der Waals surface area contributed by atoms with Crippen LogP contribution in [0.3, 0.4) is 0 Å². The number of hydrogen-bond acceptors (Lipinski definition) is 3. The topological polar surface area (TPSA) is 55.6 Å². The smallest absolute Gasteiger partial charge is 0.399 e. The number of nitrogen functional groups attached to an aromatic ring is 1. The van der Waals surface area contributed by atoms with Crippen molar-refractivity contribution >= 4 is 17.3 Å². The summed E-state index contributed by atoms with van der Waals surface area (Å²) >= 11 is 0. The zero-order chi connectivity index (χ0) is 14.8. The third kappa shape index (κ3) is 3.63. The van der Waals surface area contributed by atoms with Crippen LogP contribution >= 0.6 is 0 Å². The Bertz CT molecular complexity index is 503. The molecule has 0 fully saturated rings. The van der Waals surface area contributed by atoms with Crippen molar-refractivity contribution in [3.8, 4) is 0 Å². The Morgan fingerprint density at radius 2 is 2.05 bits per heavy atom. The number of fused-ring (bicyclic) bond motifs is 1. The van der Waals surface area contributed by atoms with Crippen molar-refractivity contribution < 1.29 is 22.7 Å². The number of nitrogens with zero attached hydrogens (tertiary/aromatic N) is 1. The lowest BCUT2D eigenvalue weighted by Crippen LogP contribution is -2.34. The maximum atomic E-state index is 12.0. The number of halogens is 3. The predicted molar refractivity (Wildman–Crippen MR) is 68.2 cm³/mol. The molecule has 1 heterocycles. The molecule has 1 amide bonds. The van der Waals surface area contributed by atoms with E-state index in [4.69, 9.17) is 5.73 Å². The molecule has 20 heavy (non-hydrogen) atoms. The fourth-order valence-corrected chi connectivity index (χ4v) is 2.27. The Balaban J connectivity index is 2.16.